The predicted octanol–water partition coefficient (Wildman–Crippen LogP) is 5.30. The van der Waals surface area contributed by atoms with Crippen LogP contribution in [0, 0.1) is 5.41 Å². The molecule has 1 saturated heterocycles. The summed E-state index contributed by atoms with van der Waals surface area (Å²) in [5.41, 5.74) is 4.28. The highest BCUT2D eigenvalue weighted by molar-refractivity contribution is 7.19. The van der Waals surface area contributed by atoms with E-state index in [0.717, 1.165) is 31.7 Å². The molecule has 2 aliphatic rings. The Bertz CT molecular complexity index is 797. The predicted molar refractivity (Wildman–Crippen MR) is 122 cm³/mol. The van der Waals surface area contributed by atoms with Crippen LogP contribution in [-0.4, -0.2) is 49.9 Å². The molecule has 2 N–H and O–H groups in total. The van der Waals surface area contributed by atoms with Crippen LogP contribution < -0.4 is 10.2 Å². The molecule has 1 aromatic carbocycles. The highest BCUT2D eigenvalue weighted by Gasteiger charge is 2.19. The number of anilines is 2. The Morgan fingerprint density at radius 3 is 2.36 bits per heavy atom. The average Bonchev–Trinajstić information content (AvgIpc) is 3.14. The highest BCUT2D eigenvalue weighted by atomic mass is 32.1. The topological polar surface area (TPSA) is 42.4 Å². The second-order valence-corrected chi connectivity index (χ2v) is 9.35. The van der Waals surface area contributed by atoms with Crippen LogP contribution in [0.25, 0.3) is 10.4 Å². The zero-order valence-electron chi connectivity index (χ0n) is 17.1. The van der Waals surface area contributed by atoms with Crippen LogP contribution in [0.1, 0.15) is 44.6 Å². The standard InChI is InChI=1S/C23H32N4S/c1-17(24)21-16-22(28-23(21)25-19-6-4-3-5-7-19)18-8-10-20(11-9-18)27-14-12-26(2)13-15-27/h8-11,16,19,24-25H,3-7,12-15H2,1-2H3. The maximum Gasteiger partial charge on any atom is 0.0982 e. The third-order valence-electron chi connectivity index (χ3n) is 6.10. The lowest BCUT2D eigenvalue weighted by Gasteiger charge is -2.34. The zero-order chi connectivity index (χ0) is 19.5. The van der Waals surface area contributed by atoms with E-state index in [2.05, 4.69) is 52.5 Å². The van der Waals surface area contributed by atoms with Crippen molar-refractivity contribution in [1.82, 2.24) is 4.90 Å². The van der Waals surface area contributed by atoms with Crippen molar-refractivity contribution in [2.45, 2.75) is 45.1 Å². The maximum absolute atomic E-state index is 8.21. The summed E-state index contributed by atoms with van der Waals surface area (Å²) >= 11 is 1.80. The van der Waals surface area contributed by atoms with Crippen molar-refractivity contribution in [2.75, 3.05) is 43.4 Å². The van der Waals surface area contributed by atoms with Gasteiger partial charge in [0.2, 0.25) is 0 Å². The van der Waals surface area contributed by atoms with Crippen LogP contribution in [0.15, 0.2) is 30.3 Å². The summed E-state index contributed by atoms with van der Waals surface area (Å²) in [6.45, 7) is 6.35. The lowest BCUT2D eigenvalue weighted by molar-refractivity contribution is 0.313. The summed E-state index contributed by atoms with van der Waals surface area (Å²) in [5.74, 6) is 0. The summed E-state index contributed by atoms with van der Waals surface area (Å²) in [7, 11) is 2.19. The van der Waals surface area contributed by atoms with Crippen molar-refractivity contribution in [3.8, 4) is 10.4 Å². The van der Waals surface area contributed by atoms with Gasteiger partial charge in [-0.05, 0) is 50.6 Å². The number of benzene rings is 1. The monoisotopic (exact) mass is 396 g/mol. The molecule has 2 heterocycles. The molecule has 1 saturated carbocycles. The first-order valence-corrected chi connectivity index (χ1v) is 11.4. The molecule has 4 nitrogen and oxygen atoms in total. The van der Waals surface area contributed by atoms with Gasteiger partial charge in [-0.3, -0.25) is 0 Å². The van der Waals surface area contributed by atoms with Crippen LogP contribution in [0.3, 0.4) is 0 Å². The molecule has 0 radical (unpaired) electrons. The Hall–Kier alpha value is -1.85. The van der Waals surface area contributed by atoms with Gasteiger partial charge in [-0.2, -0.15) is 0 Å². The fraction of sp³-hybridized carbons (Fsp3) is 0.522. The summed E-state index contributed by atoms with van der Waals surface area (Å²) in [6.07, 6.45) is 6.52. The highest BCUT2D eigenvalue weighted by Crippen LogP contribution is 2.38. The number of likely N-dealkylation sites (N-methyl/N-ethyl adjacent to an activating group) is 1. The fourth-order valence-electron chi connectivity index (χ4n) is 4.25. The van der Waals surface area contributed by atoms with E-state index in [9.17, 15) is 0 Å². The molecule has 4 rings (SSSR count). The number of nitrogens with one attached hydrogen (secondary N) is 2. The van der Waals surface area contributed by atoms with Crippen LogP contribution in [0.4, 0.5) is 10.7 Å². The average molecular weight is 397 g/mol. The Kier molecular flexibility index (Phi) is 6.02. The number of hydrogen-bond donors (Lipinski definition) is 2. The van der Waals surface area contributed by atoms with Gasteiger partial charge in [0, 0.05) is 54.1 Å². The molecule has 5 heteroatoms. The molecule has 0 spiro atoms. The molecular formula is C23H32N4S. The summed E-state index contributed by atoms with van der Waals surface area (Å²) in [6, 6.07) is 11.8. The van der Waals surface area contributed by atoms with Crippen molar-refractivity contribution in [3.05, 3.63) is 35.9 Å². The van der Waals surface area contributed by atoms with E-state index >= 15 is 0 Å². The molecule has 28 heavy (non-hydrogen) atoms. The Morgan fingerprint density at radius 2 is 1.71 bits per heavy atom. The second kappa shape index (κ2) is 8.66. The lowest BCUT2D eigenvalue weighted by atomic mass is 9.95. The molecule has 0 bridgehead atoms. The molecule has 1 aliphatic heterocycles. The quantitative estimate of drug-likeness (QED) is 0.674. The first kappa shape index (κ1) is 19.5. The molecule has 2 aromatic rings. The van der Waals surface area contributed by atoms with E-state index in [1.165, 1.54) is 53.2 Å². The molecule has 0 amide bonds. The van der Waals surface area contributed by atoms with E-state index in [1.807, 2.05) is 6.92 Å². The van der Waals surface area contributed by atoms with Crippen molar-refractivity contribution in [1.29, 1.82) is 5.41 Å². The van der Waals surface area contributed by atoms with Gasteiger partial charge in [-0.15, -0.1) is 11.3 Å². The van der Waals surface area contributed by atoms with E-state index in [4.69, 9.17) is 5.41 Å². The van der Waals surface area contributed by atoms with E-state index < -0.39 is 0 Å². The van der Waals surface area contributed by atoms with Gasteiger partial charge >= 0.3 is 0 Å². The first-order valence-electron chi connectivity index (χ1n) is 10.6. The minimum absolute atomic E-state index is 0.568. The first-order chi connectivity index (χ1) is 13.6. The number of rotatable bonds is 5. The minimum atomic E-state index is 0.568. The second-order valence-electron chi connectivity index (χ2n) is 8.29. The minimum Gasteiger partial charge on any atom is -0.374 e. The Labute approximate surface area is 173 Å². The molecular weight excluding hydrogens is 364 g/mol. The number of thiophene rings is 1. The number of nitrogens with zero attached hydrogens (tertiary/aromatic N) is 2. The summed E-state index contributed by atoms with van der Waals surface area (Å²) < 4.78 is 0. The zero-order valence-corrected chi connectivity index (χ0v) is 17.9. The van der Waals surface area contributed by atoms with Crippen molar-refractivity contribution in [3.63, 3.8) is 0 Å². The molecule has 2 fully saturated rings. The summed E-state index contributed by atoms with van der Waals surface area (Å²) in [5, 5.41) is 13.1. The van der Waals surface area contributed by atoms with Crippen molar-refractivity contribution < 1.29 is 0 Å². The van der Waals surface area contributed by atoms with Gasteiger partial charge in [0.15, 0.2) is 0 Å². The Morgan fingerprint density at radius 1 is 1.04 bits per heavy atom. The molecule has 0 atom stereocenters. The lowest BCUT2D eigenvalue weighted by Crippen LogP contribution is -2.44. The maximum atomic E-state index is 8.21. The number of hydrogen-bond acceptors (Lipinski definition) is 5. The van der Waals surface area contributed by atoms with Crippen LogP contribution in [0.2, 0.25) is 0 Å². The van der Waals surface area contributed by atoms with E-state index in [-0.39, 0.29) is 0 Å². The normalized spacial score (nSPS) is 19.0. The summed E-state index contributed by atoms with van der Waals surface area (Å²) in [4.78, 5) is 6.12. The van der Waals surface area contributed by atoms with Gasteiger partial charge in [-0.25, -0.2) is 0 Å². The molecule has 1 aromatic heterocycles. The van der Waals surface area contributed by atoms with Crippen molar-refractivity contribution in [2.24, 2.45) is 0 Å². The van der Waals surface area contributed by atoms with Gasteiger partial charge < -0.3 is 20.5 Å². The number of piperazine rings is 1. The third kappa shape index (κ3) is 4.41. The van der Waals surface area contributed by atoms with Crippen LogP contribution in [-0.2, 0) is 0 Å². The largest absolute Gasteiger partial charge is 0.374 e. The molecule has 1 aliphatic carbocycles. The molecule has 0 unspecified atom stereocenters. The van der Waals surface area contributed by atoms with Crippen LogP contribution >= 0.6 is 11.3 Å². The fourth-order valence-corrected chi connectivity index (χ4v) is 5.45. The Balaban J connectivity index is 1.51. The van der Waals surface area contributed by atoms with Gasteiger partial charge in [0.05, 0.1) is 5.00 Å². The van der Waals surface area contributed by atoms with E-state index in [0.29, 0.717) is 11.8 Å². The van der Waals surface area contributed by atoms with E-state index in [1.54, 1.807) is 11.3 Å². The molecule has 150 valence electrons. The smallest absolute Gasteiger partial charge is 0.0982 e. The van der Waals surface area contributed by atoms with Gasteiger partial charge in [0.1, 0.15) is 0 Å². The van der Waals surface area contributed by atoms with Gasteiger partial charge in [0.25, 0.3) is 0 Å². The van der Waals surface area contributed by atoms with Crippen LogP contribution in [0.5, 0.6) is 0 Å². The van der Waals surface area contributed by atoms with Crippen molar-refractivity contribution >= 4 is 27.7 Å². The third-order valence-corrected chi connectivity index (χ3v) is 7.21. The SMILES string of the molecule is CC(=N)c1cc(-c2ccc(N3CCN(C)CC3)cc2)sc1NC1CCCCC1. The van der Waals surface area contributed by atoms with Gasteiger partial charge in [-0.1, -0.05) is 31.4 Å².